The molecule has 2 aromatic heterocycles. The summed E-state index contributed by atoms with van der Waals surface area (Å²) < 4.78 is 31.1. The molecule has 2 heterocycles. The number of thiophene rings is 1. The molecule has 0 aliphatic carbocycles. The van der Waals surface area contributed by atoms with E-state index in [-0.39, 0.29) is 16.0 Å². The van der Waals surface area contributed by atoms with Gasteiger partial charge >= 0.3 is 6.03 Å². The number of sulfonamides is 1. The van der Waals surface area contributed by atoms with Gasteiger partial charge in [0, 0.05) is 11.8 Å². The Labute approximate surface area is 131 Å². The molecule has 0 unspecified atom stereocenters. The van der Waals surface area contributed by atoms with Crippen molar-refractivity contribution in [1.82, 2.24) is 14.7 Å². The summed E-state index contributed by atoms with van der Waals surface area (Å²) in [5, 5.41) is 3.90. The average molecular weight is 342 g/mol. The highest BCUT2D eigenvalue weighted by Crippen LogP contribution is 2.21. The van der Waals surface area contributed by atoms with Gasteiger partial charge in [-0.2, -0.15) is 4.98 Å². The Morgan fingerprint density at radius 1 is 1.32 bits per heavy atom. The minimum Gasteiger partial charge on any atom is -0.481 e. The van der Waals surface area contributed by atoms with Crippen LogP contribution in [0, 0.1) is 13.8 Å². The van der Waals surface area contributed by atoms with E-state index >= 15 is 0 Å². The second kappa shape index (κ2) is 6.28. The SMILES string of the molecule is COc1cc(C)nc(NC(=O)NS(=O)(=O)c2sccc2C)n1. The molecule has 0 spiro atoms. The summed E-state index contributed by atoms with van der Waals surface area (Å²) >= 11 is 1.03. The van der Waals surface area contributed by atoms with E-state index < -0.39 is 16.1 Å². The maximum Gasteiger partial charge on any atom is 0.335 e. The van der Waals surface area contributed by atoms with Crippen molar-refractivity contribution >= 4 is 33.3 Å². The molecule has 0 bridgehead atoms. The average Bonchev–Trinajstić information content (AvgIpc) is 2.84. The first-order chi connectivity index (χ1) is 10.3. The van der Waals surface area contributed by atoms with Crippen molar-refractivity contribution in [2.45, 2.75) is 18.1 Å². The lowest BCUT2D eigenvalue weighted by Gasteiger charge is -2.08. The summed E-state index contributed by atoms with van der Waals surface area (Å²) in [4.78, 5) is 19.7. The van der Waals surface area contributed by atoms with Gasteiger partial charge in [-0.15, -0.1) is 11.3 Å². The lowest BCUT2D eigenvalue weighted by atomic mass is 10.4. The molecule has 8 nitrogen and oxygen atoms in total. The molecule has 2 N–H and O–H groups in total. The van der Waals surface area contributed by atoms with Gasteiger partial charge in [-0.05, 0) is 30.9 Å². The summed E-state index contributed by atoms with van der Waals surface area (Å²) in [6.45, 7) is 3.34. The van der Waals surface area contributed by atoms with E-state index in [1.54, 1.807) is 31.4 Å². The normalized spacial score (nSPS) is 11.0. The van der Waals surface area contributed by atoms with Gasteiger partial charge in [0.15, 0.2) is 0 Å². The van der Waals surface area contributed by atoms with Crippen LogP contribution in [0.4, 0.5) is 10.7 Å². The fourth-order valence-corrected chi connectivity index (χ4v) is 3.96. The van der Waals surface area contributed by atoms with Crippen LogP contribution in [-0.4, -0.2) is 31.5 Å². The fraction of sp³-hybridized carbons (Fsp3) is 0.250. The van der Waals surface area contributed by atoms with Crippen LogP contribution in [0.1, 0.15) is 11.3 Å². The first-order valence-electron chi connectivity index (χ1n) is 6.09. The Kier molecular flexibility index (Phi) is 4.62. The van der Waals surface area contributed by atoms with Crippen LogP contribution in [0.2, 0.25) is 0 Å². The second-order valence-corrected chi connectivity index (χ2v) is 7.12. The highest BCUT2D eigenvalue weighted by molar-refractivity contribution is 7.92. The number of ether oxygens (including phenoxy) is 1. The van der Waals surface area contributed by atoms with Crippen molar-refractivity contribution < 1.29 is 17.9 Å². The third-order valence-corrected chi connectivity index (χ3v) is 5.57. The summed E-state index contributed by atoms with van der Waals surface area (Å²) in [6, 6.07) is 2.29. The second-order valence-electron chi connectivity index (χ2n) is 4.33. The molecule has 2 aromatic rings. The van der Waals surface area contributed by atoms with Gasteiger partial charge in [0.2, 0.25) is 11.8 Å². The minimum absolute atomic E-state index is 0.0487. The number of aryl methyl sites for hydroxylation is 2. The van der Waals surface area contributed by atoms with Crippen molar-refractivity contribution in [3.63, 3.8) is 0 Å². The number of urea groups is 1. The van der Waals surface area contributed by atoms with Crippen LogP contribution >= 0.6 is 11.3 Å². The van der Waals surface area contributed by atoms with Gasteiger partial charge in [0.25, 0.3) is 10.0 Å². The zero-order valence-electron chi connectivity index (χ0n) is 12.1. The van der Waals surface area contributed by atoms with Crippen LogP contribution in [-0.2, 0) is 10.0 Å². The number of aromatic nitrogens is 2. The topological polar surface area (TPSA) is 110 Å². The molecule has 0 fully saturated rings. The van der Waals surface area contributed by atoms with E-state index in [9.17, 15) is 13.2 Å². The Balaban J connectivity index is 2.14. The Morgan fingerprint density at radius 2 is 2.05 bits per heavy atom. The van der Waals surface area contributed by atoms with Crippen molar-refractivity contribution in [1.29, 1.82) is 0 Å². The zero-order chi connectivity index (χ0) is 16.3. The summed E-state index contributed by atoms with van der Waals surface area (Å²) in [6.07, 6.45) is 0. The summed E-state index contributed by atoms with van der Waals surface area (Å²) in [7, 11) is -2.50. The number of anilines is 1. The van der Waals surface area contributed by atoms with Crippen molar-refractivity contribution in [2.24, 2.45) is 0 Å². The molecule has 0 saturated heterocycles. The number of nitrogens with one attached hydrogen (secondary N) is 2. The van der Waals surface area contributed by atoms with Crippen molar-refractivity contribution in [2.75, 3.05) is 12.4 Å². The third kappa shape index (κ3) is 3.71. The molecule has 0 radical (unpaired) electrons. The van der Waals surface area contributed by atoms with Gasteiger partial charge in [0.05, 0.1) is 7.11 Å². The number of carbonyl (C=O) groups is 1. The molecule has 0 aliphatic rings. The number of amides is 2. The predicted octanol–water partition coefficient (Wildman–Crippen LogP) is 1.67. The monoisotopic (exact) mass is 342 g/mol. The fourth-order valence-electron chi connectivity index (χ4n) is 1.63. The number of methoxy groups -OCH3 is 1. The maximum atomic E-state index is 12.1. The number of hydrogen-bond acceptors (Lipinski definition) is 7. The lowest BCUT2D eigenvalue weighted by molar-refractivity contribution is 0.256. The third-order valence-electron chi connectivity index (χ3n) is 2.55. The van der Waals surface area contributed by atoms with Crippen LogP contribution in [0.25, 0.3) is 0 Å². The Hall–Kier alpha value is -2.20. The maximum absolute atomic E-state index is 12.1. The molecule has 22 heavy (non-hydrogen) atoms. The Morgan fingerprint density at radius 3 is 2.64 bits per heavy atom. The molecule has 2 rings (SSSR count). The van der Waals surface area contributed by atoms with Crippen LogP contribution in [0.5, 0.6) is 5.88 Å². The largest absolute Gasteiger partial charge is 0.481 e. The standard InChI is InChI=1S/C12H14N4O4S2/c1-7-4-5-21-10(7)22(18,19)16-12(17)15-11-13-8(2)6-9(14-11)20-3/h4-6H,1-3H3,(H2,13,14,15,16,17). The lowest BCUT2D eigenvalue weighted by Crippen LogP contribution is -2.34. The molecular formula is C12H14N4O4S2. The molecule has 0 aliphatic heterocycles. The van der Waals surface area contributed by atoms with Crippen LogP contribution in [0.15, 0.2) is 21.7 Å². The van der Waals surface area contributed by atoms with E-state index in [2.05, 4.69) is 15.3 Å². The highest BCUT2D eigenvalue weighted by atomic mass is 32.2. The molecule has 118 valence electrons. The van der Waals surface area contributed by atoms with Gasteiger partial charge in [0.1, 0.15) is 4.21 Å². The molecule has 0 atom stereocenters. The van der Waals surface area contributed by atoms with Gasteiger partial charge < -0.3 is 4.74 Å². The molecule has 0 saturated carbocycles. The Bertz CT molecular complexity index is 801. The molecular weight excluding hydrogens is 328 g/mol. The van der Waals surface area contributed by atoms with Gasteiger partial charge in [-0.1, -0.05) is 0 Å². The highest BCUT2D eigenvalue weighted by Gasteiger charge is 2.21. The van der Waals surface area contributed by atoms with E-state index in [0.29, 0.717) is 11.3 Å². The summed E-state index contributed by atoms with van der Waals surface area (Å²) in [5.41, 5.74) is 1.14. The van der Waals surface area contributed by atoms with E-state index in [0.717, 1.165) is 11.3 Å². The summed E-state index contributed by atoms with van der Waals surface area (Å²) in [5.74, 6) is 0.215. The number of hydrogen-bond donors (Lipinski definition) is 2. The van der Waals surface area contributed by atoms with Gasteiger partial charge in [-0.25, -0.2) is 22.9 Å². The molecule has 10 heteroatoms. The van der Waals surface area contributed by atoms with Crippen LogP contribution < -0.4 is 14.8 Å². The van der Waals surface area contributed by atoms with Crippen molar-refractivity contribution in [3.8, 4) is 5.88 Å². The first-order valence-corrected chi connectivity index (χ1v) is 8.45. The van der Waals surface area contributed by atoms with E-state index in [4.69, 9.17) is 4.74 Å². The quantitative estimate of drug-likeness (QED) is 0.874. The minimum atomic E-state index is -3.92. The first kappa shape index (κ1) is 16.2. The molecule has 2 amide bonds. The predicted molar refractivity (Wildman–Crippen MR) is 81.7 cm³/mol. The van der Waals surface area contributed by atoms with Crippen LogP contribution in [0.3, 0.4) is 0 Å². The zero-order valence-corrected chi connectivity index (χ0v) is 13.7. The number of rotatable bonds is 4. The van der Waals surface area contributed by atoms with Crippen molar-refractivity contribution in [3.05, 3.63) is 28.8 Å². The molecule has 0 aromatic carbocycles. The van der Waals surface area contributed by atoms with E-state index in [1.807, 2.05) is 4.72 Å². The number of carbonyl (C=O) groups excluding carboxylic acids is 1. The van der Waals surface area contributed by atoms with Gasteiger partial charge in [-0.3, -0.25) is 5.32 Å². The van der Waals surface area contributed by atoms with E-state index in [1.165, 1.54) is 7.11 Å². The number of nitrogens with zero attached hydrogens (tertiary/aromatic N) is 2. The smallest absolute Gasteiger partial charge is 0.335 e.